The topological polar surface area (TPSA) is 58.2 Å². The van der Waals surface area contributed by atoms with Crippen molar-refractivity contribution in [1.82, 2.24) is 14.1 Å². The molecule has 0 fully saturated rings. The van der Waals surface area contributed by atoms with Gasteiger partial charge >= 0.3 is 0 Å². The lowest BCUT2D eigenvalue weighted by Crippen LogP contribution is -2.01. The van der Waals surface area contributed by atoms with Crippen LogP contribution in [0.15, 0.2) is 140 Å². The minimum atomic E-state index is 0.288. The number of rotatable bonds is 3. The van der Waals surface area contributed by atoms with Crippen LogP contribution in [0.2, 0.25) is 0 Å². The second-order valence-electron chi connectivity index (χ2n) is 12.7. The van der Waals surface area contributed by atoms with Gasteiger partial charge in [-0.2, -0.15) is 5.26 Å². The molecule has 7 aromatic carbocycles. The van der Waals surface area contributed by atoms with Gasteiger partial charge in [-0.25, -0.2) is 4.85 Å². The van der Waals surface area contributed by atoms with E-state index in [2.05, 4.69) is 103 Å². The summed E-state index contributed by atoms with van der Waals surface area (Å²) in [4.78, 5) is 11.5. The van der Waals surface area contributed by atoms with Crippen molar-refractivity contribution in [3.63, 3.8) is 0 Å². The molecule has 0 atom stereocenters. The van der Waals surface area contributed by atoms with E-state index in [1.54, 1.807) is 6.07 Å². The van der Waals surface area contributed by atoms with E-state index in [1.807, 2.05) is 60.7 Å². The van der Waals surface area contributed by atoms with Crippen molar-refractivity contribution in [2.24, 2.45) is 0 Å². The van der Waals surface area contributed by atoms with Crippen molar-refractivity contribution in [3.8, 4) is 28.6 Å². The standard InChI is InChI=1S/C45H24N6/c1-47-37-24-23-29(44(43(37)48-2)50-38-16-8-4-12-31(38)32-13-5-9-17-39(32)50)27-19-20-28(26-46)41(25-27)51-40-18-10-6-14-33(40)35-22-21-34-30-11-3-7-15-36(30)49-42(34)45(35)51/h3-25,49H. The number of nitrogens with one attached hydrogen (secondary N) is 1. The molecule has 10 rings (SSSR count). The first-order valence-electron chi connectivity index (χ1n) is 16.6. The van der Waals surface area contributed by atoms with Gasteiger partial charge in [-0.3, -0.25) is 4.85 Å². The van der Waals surface area contributed by atoms with Gasteiger partial charge in [-0.15, -0.1) is 0 Å². The number of aromatic nitrogens is 3. The van der Waals surface area contributed by atoms with Crippen LogP contribution in [0.1, 0.15) is 5.56 Å². The molecule has 0 spiro atoms. The SMILES string of the molecule is [C-]#[N+]c1ccc(-c2ccc(C#N)c(-n3c4ccccc4c4ccc5c6ccccc6[nH]c5c43)c2)c(-n2c3ccccc3c3ccccc32)c1[N+]#[C-]. The lowest BCUT2D eigenvalue weighted by atomic mass is 9.98. The highest BCUT2D eigenvalue weighted by Crippen LogP contribution is 2.46. The number of H-pyrrole nitrogens is 1. The van der Waals surface area contributed by atoms with Gasteiger partial charge < -0.3 is 14.1 Å². The number of hydrogen-bond acceptors (Lipinski definition) is 1. The highest BCUT2D eigenvalue weighted by atomic mass is 15.0. The Kier molecular flexibility index (Phi) is 5.97. The number of nitriles is 1. The minimum Gasteiger partial charge on any atom is -0.353 e. The fourth-order valence-corrected chi connectivity index (χ4v) is 7.99. The summed E-state index contributed by atoms with van der Waals surface area (Å²) < 4.78 is 4.32. The Balaban J connectivity index is 1.33. The zero-order chi connectivity index (χ0) is 34.2. The van der Waals surface area contributed by atoms with Gasteiger partial charge in [0.25, 0.3) is 0 Å². The molecule has 3 heterocycles. The summed E-state index contributed by atoms with van der Waals surface area (Å²) in [5.41, 5.74) is 10.0. The summed E-state index contributed by atoms with van der Waals surface area (Å²) in [6, 6.07) is 49.4. The zero-order valence-electron chi connectivity index (χ0n) is 27.0. The highest BCUT2D eigenvalue weighted by Gasteiger charge is 2.24. The molecular formula is C45H24N6. The molecule has 0 saturated carbocycles. The molecule has 51 heavy (non-hydrogen) atoms. The smallest absolute Gasteiger partial charge is 0.218 e. The summed E-state index contributed by atoms with van der Waals surface area (Å²) in [6.45, 7) is 16.3. The lowest BCUT2D eigenvalue weighted by Gasteiger charge is -2.19. The van der Waals surface area contributed by atoms with Gasteiger partial charge in [-0.1, -0.05) is 103 Å². The second-order valence-corrected chi connectivity index (χ2v) is 12.7. The summed E-state index contributed by atoms with van der Waals surface area (Å²) in [5, 5.41) is 17.2. The summed E-state index contributed by atoms with van der Waals surface area (Å²) >= 11 is 0. The van der Waals surface area contributed by atoms with Crippen molar-refractivity contribution >= 4 is 76.8 Å². The van der Waals surface area contributed by atoms with Gasteiger partial charge in [0, 0.05) is 43.5 Å². The number of aromatic amines is 1. The molecule has 6 heteroatoms. The van der Waals surface area contributed by atoms with Gasteiger partial charge in [0.05, 0.1) is 52.0 Å². The van der Waals surface area contributed by atoms with E-state index in [4.69, 9.17) is 13.1 Å². The molecule has 0 radical (unpaired) electrons. The molecule has 10 aromatic rings. The maximum atomic E-state index is 10.6. The van der Waals surface area contributed by atoms with Gasteiger partial charge in [0.1, 0.15) is 6.07 Å². The average Bonchev–Trinajstić information content (AvgIpc) is 3.85. The Morgan fingerprint density at radius 2 is 1.18 bits per heavy atom. The van der Waals surface area contributed by atoms with E-state index < -0.39 is 0 Å². The fourth-order valence-electron chi connectivity index (χ4n) is 7.99. The van der Waals surface area contributed by atoms with Crippen LogP contribution in [0.3, 0.4) is 0 Å². The Hall–Kier alpha value is -7.59. The van der Waals surface area contributed by atoms with Crippen molar-refractivity contribution in [1.29, 1.82) is 5.26 Å². The highest BCUT2D eigenvalue weighted by molar-refractivity contribution is 6.23. The predicted octanol–water partition coefficient (Wildman–Crippen LogP) is 12.2. The molecule has 0 aliphatic rings. The number of fused-ring (bicyclic) bond motifs is 10. The molecule has 0 aliphatic carbocycles. The quantitative estimate of drug-likeness (QED) is 0.190. The molecule has 0 aliphatic heterocycles. The Labute approximate surface area is 291 Å². The Morgan fingerprint density at radius 1 is 0.569 bits per heavy atom. The van der Waals surface area contributed by atoms with E-state index in [-0.39, 0.29) is 5.69 Å². The van der Waals surface area contributed by atoms with E-state index >= 15 is 0 Å². The van der Waals surface area contributed by atoms with Gasteiger partial charge in [0.15, 0.2) is 5.69 Å². The van der Waals surface area contributed by atoms with Crippen molar-refractivity contribution in [3.05, 3.63) is 168 Å². The Bertz CT molecular complexity index is 3190. The third-order valence-electron chi connectivity index (χ3n) is 10.1. The molecular weight excluding hydrogens is 625 g/mol. The molecule has 0 amide bonds. The maximum Gasteiger partial charge on any atom is 0.218 e. The third kappa shape index (κ3) is 3.89. The largest absolute Gasteiger partial charge is 0.353 e. The fraction of sp³-hybridized carbons (Fsp3) is 0. The third-order valence-corrected chi connectivity index (χ3v) is 10.1. The first kappa shape index (κ1) is 28.4. The van der Waals surface area contributed by atoms with Crippen LogP contribution in [0, 0.1) is 24.5 Å². The number of benzene rings is 7. The molecule has 234 valence electrons. The van der Waals surface area contributed by atoms with Crippen LogP contribution in [0.5, 0.6) is 0 Å². The lowest BCUT2D eigenvalue weighted by molar-refractivity contribution is 1.17. The maximum absolute atomic E-state index is 10.6. The summed E-state index contributed by atoms with van der Waals surface area (Å²) in [5.74, 6) is 0. The van der Waals surface area contributed by atoms with Crippen molar-refractivity contribution < 1.29 is 0 Å². The first-order chi connectivity index (χ1) is 25.2. The normalized spacial score (nSPS) is 11.5. The molecule has 0 saturated heterocycles. The zero-order valence-corrected chi connectivity index (χ0v) is 27.0. The Morgan fingerprint density at radius 3 is 1.84 bits per heavy atom. The molecule has 1 N–H and O–H groups in total. The predicted molar refractivity (Wildman–Crippen MR) is 207 cm³/mol. The van der Waals surface area contributed by atoms with E-state index in [9.17, 15) is 5.26 Å². The van der Waals surface area contributed by atoms with Crippen LogP contribution in [0.25, 0.3) is 97.6 Å². The first-order valence-corrected chi connectivity index (χ1v) is 16.6. The van der Waals surface area contributed by atoms with Gasteiger partial charge in [0.2, 0.25) is 5.69 Å². The monoisotopic (exact) mass is 648 g/mol. The van der Waals surface area contributed by atoms with E-state index in [1.165, 1.54) is 0 Å². The van der Waals surface area contributed by atoms with Crippen LogP contribution in [-0.2, 0) is 0 Å². The number of para-hydroxylation sites is 4. The van der Waals surface area contributed by atoms with Crippen LogP contribution in [-0.4, -0.2) is 14.1 Å². The van der Waals surface area contributed by atoms with E-state index in [0.717, 1.165) is 82.2 Å². The van der Waals surface area contributed by atoms with Gasteiger partial charge in [-0.05, 0) is 47.5 Å². The van der Waals surface area contributed by atoms with E-state index in [0.29, 0.717) is 16.9 Å². The molecule has 0 unspecified atom stereocenters. The van der Waals surface area contributed by atoms with Crippen LogP contribution < -0.4 is 0 Å². The van der Waals surface area contributed by atoms with Crippen molar-refractivity contribution in [2.75, 3.05) is 0 Å². The molecule has 3 aromatic heterocycles. The minimum absolute atomic E-state index is 0.288. The average molecular weight is 649 g/mol. The molecule has 6 nitrogen and oxygen atoms in total. The number of hydrogen-bond donors (Lipinski definition) is 1. The summed E-state index contributed by atoms with van der Waals surface area (Å²) in [7, 11) is 0. The molecule has 0 bridgehead atoms. The number of nitrogens with zero attached hydrogens (tertiary/aromatic N) is 5. The van der Waals surface area contributed by atoms with Crippen LogP contribution in [0.4, 0.5) is 11.4 Å². The summed E-state index contributed by atoms with van der Waals surface area (Å²) in [6.07, 6.45) is 0. The van der Waals surface area contributed by atoms with Crippen molar-refractivity contribution in [2.45, 2.75) is 0 Å². The second kappa shape index (κ2) is 10.7. The van der Waals surface area contributed by atoms with Crippen LogP contribution >= 0.6 is 0 Å².